The van der Waals surface area contributed by atoms with Crippen molar-refractivity contribution in [2.45, 2.75) is 58.1 Å². The lowest BCUT2D eigenvalue weighted by Gasteiger charge is -2.38. The fourth-order valence-corrected chi connectivity index (χ4v) is 6.38. The molecule has 0 spiro atoms. The summed E-state index contributed by atoms with van der Waals surface area (Å²) in [6.07, 6.45) is 6.59. The molecule has 2 aliphatic rings. The highest BCUT2D eigenvalue weighted by Crippen LogP contribution is 2.66. The molecule has 1 N–H and O–H groups in total. The summed E-state index contributed by atoms with van der Waals surface area (Å²) < 4.78 is 27.9. The number of rotatable bonds is 6. The van der Waals surface area contributed by atoms with Crippen molar-refractivity contribution in [2.75, 3.05) is 6.54 Å². The van der Waals surface area contributed by atoms with Crippen LogP contribution >= 0.6 is 0 Å². The molecule has 2 aliphatic carbocycles. The molecule has 4 heteroatoms. The Morgan fingerprint density at radius 2 is 2.05 bits per heavy atom. The topological polar surface area (TPSA) is 46.2 Å². The highest BCUT2D eigenvalue weighted by Gasteiger charge is 2.64. The van der Waals surface area contributed by atoms with E-state index in [1.807, 2.05) is 6.08 Å². The van der Waals surface area contributed by atoms with Gasteiger partial charge < -0.3 is 0 Å². The molecule has 110 valence electrons. The minimum atomic E-state index is -3.19. The first-order chi connectivity index (χ1) is 8.75. The van der Waals surface area contributed by atoms with Crippen molar-refractivity contribution >= 4 is 10.0 Å². The van der Waals surface area contributed by atoms with Crippen LogP contribution in [-0.2, 0) is 10.0 Å². The van der Waals surface area contributed by atoms with Crippen LogP contribution in [0.15, 0.2) is 12.7 Å². The number of nitrogens with one attached hydrogen (secondary N) is 1. The number of hydrogen-bond acceptors (Lipinski definition) is 2. The van der Waals surface area contributed by atoms with Gasteiger partial charge >= 0.3 is 0 Å². The third-order valence-corrected chi connectivity index (χ3v) is 8.05. The smallest absolute Gasteiger partial charge is 0.215 e. The zero-order chi connectivity index (χ0) is 14.3. The molecule has 2 bridgehead atoms. The molecular weight excluding hydrogens is 258 g/mol. The highest BCUT2D eigenvalue weighted by atomic mass is 32.2. The molecule has 2 unspecified atom stereocenters. The Morgan fingerprint density at radius 3 is 2.53 bits per heavy atom. The first-order valence-corrected chi connectivity index (χ1v) is 8.90. The summed E-state index contributed by atoms with van der Waals surface area (Å²) in [5, 5.41) is -0.211. The second-order valence-corrected chi connectivity index (χ2v) is 8.92. The average molecular weight is 285 g/mol. The van der Waals surface area contributed by atoms with Gasteiger partial charge in [0.15, 0.2) is 0 Å². The van der Waals surface area contributed by atoms with E-state index in [1.165, 1.54) is 6.42 Å². The maximum absolute atomic E-state index is 12.5. The fraction of sp³-hybridized carbons (Fsp3) is 0.867. The fourth-order valence-electron chi connectivity index (χ4n) is 4.16. The van der Waals surface area contributed by atoms with Crippen LogP contribution in [0, 0.1) is 16.7 Å². The summed E-state index contributed by atoms with van der Waals surface area (Å²) in [6, 6.07) is 0. The van der Waals surface area contributed by atoms with Crippen molar-refractivity contribution in [1.82, 2.24) is 4.72 Å². The van der Waals surface area contributed by atoms with E-state index in [0.29, 0.717) is 12.5 Å². The van der Waals surface area contributed by atoms with E-state index in [4.69, 9.17) is 0 Å². The molecule has 2 fully saturated rings. The predicted octanol–water partition coefficient (Wildman–Crippen LogP) is 3.09. The Kier molecular flexibility index (Phi) is 3.87. The number of fused-ring (bicyclic) bond motifs is 2. The molecule has 0 radical (unpaired) electrons. The maximum atomic E-state index is 12.5. The molecule has 0 aromatic rings. The van der Waals surface area contributed by atoms with Crippen molar-refractivity contribution in [3.63, 3.8) is 0 Å². The molecule has 3 atom stereocenters. The normalized spacial score (nSPS) is 36.6. The van der Waals surface area contributed by atoms with Gasteiger partial charge in [0.2, 0.25) is 10.0 Å². The lowest BCUT2D eigenvalue weighted by atomic mass is 9.71. The third-order valence-electron chi connectivity index (χ3n) is 5.98. The van der Waals surface area contributed by atoms with Gasteiger partial charge in [-0.3, -0.25) is 0 Å². The van der Waals surface area contributed by atoms with Gasteiger partial charge in [0.1, 0.15) is 0 Å². The quantitative estimate of drug-likeness (QED) is 0.602. The van der Waals surface area contributed by atoms with Gasteiger partial charge in [0.05, 0.1) is 5.25 Å². The Bertz CT molecular complexity index is 455. The number of unbranched alkanes of at least 4 members (excludes halogenated alkanes) is 1. The van der Waals surface area contributed by atoms with Crippen LogP contribution in [0.4, 0.5) is 0 Å². The van der Waals surface area contributed by atoms with Gasteiger partial charge in [-0.25, -0.2) is 13.1 Å². The first-order valence-electron chi connectivity index (χ1n) is 7.35. The van der Waals surface area contributed by atoms with Gasteiger partial charge in [-0.15, -0.1) is 6.58 Å². The zero-order valence-corrected chi connectivity index (χ0v) is 13.2. The molecule has 0 heterocycles. The number of sulfonamides is 1. The average Bonchev–Trinajstić information content (AvgIpc) is 2.67. The highest BCUT2D eigenvalue weighted by molar-refractivity contribution is 7.90. The van der Waals surface area contributed by atoms with Gasteiger partial charge in [0, 0.05) is 6.54 Å². The molecular formula is C15H27NO2S. The lowest BCUT2D eigenvalue weighted by molar-refractivity contribution is 0.153. The Labute approximate surface area is 117 Å². The van der Waals surface area contributed by atoms with E-state index in [2.05, 4.69) is 32.1 Å². The van der Waals surface area contributed by atoms with Gasteiger partial charge in [-0.1, -0.05) is 26.8 Å². The summed E-state index contributed by atoms with van der Waals surface area (Å²) >= 11 is 0. The van der Waals surface area contributed by atoms with Crippen LogP contribution in [-0.4, -0.2) is 20.2 Å². The van der Waals surface area contributed by atoms with Gasteiger partial charge in [0.25, 0.3) is 0 Å². The molecule has 2 saturated carbocycles. The van der Waals surface area contributed by atoms with Crippen LogP contribution < -0.4 is 4.72 Å². The molecule has 19 heavy (non-hydrogen) atoms. The molecule has 0 saturated heterocycles. The Hall–Kier alpha value is -0.350. The molecule has 3 nitrogen and oxygen atoms in total. The second-order valence-electron chi connectivity index (χ2n) is 6.97. The third kappa shape index (κ3) is 2.27. The van der Waals surface area contributed by atoms with Crippen molar-refractivity contribution in [3.8, 4) is 0 Å². The molecule has 0 aliphatic heterocycles. The summed E-state index contributed by atoms with van der Waals surface area (Å²) in [5.74, 6) is 0.562. The molecule has 0 amide bonds. The second kappa shape index (κ2) is 4.88. The summed E-state index contributed by atoms with van der Waals surface area (Å²) in [5.41, 5.74) is 0.0788. The summed E-state index contributed by atoms with van der Waals surface area (Å²) in [7, 11) is -3.19. The maximum Gasteiger partial charge on any atom is 0.215 e. The molecule has 0 aromatic heterocycles. The van der Waals surface area contributed by atoms with Crippen LogP contribution in [0.1, 0.15) is 52.9 Å². The van der Waals surface area contributed by atoms with Gasteiger partial charge in [-0.05, 0) is 48.9 Å². The molecule has 2 rings (SSSR count). The van der Waals surface area contributed by atoms with E-state index in [9.17, 15) is 8.42 Å². The van der Waals surface area contributed by atoms with E-state index < -0.39 is 10.0 Å². The SMILES string of the molecule is C=CCCCNS(=O)(=O)[C@H]1CC2CCC1(C)C2(C)C. The van der Waals surface area contributed by atoms with Crippen molar-refractivity contribution in [3.05, 3.63) is 12.7 Å². The largest absolute Gasteiger partial charge is 0.215 e. The Morgan fingerprint density at radius 1 is 1.37 bits per heavy atom. The minimum Gasteiger partial charge on any atom is -0.215 e. The standard InChI is InChI=1S/C15H27NO2S/c1-5-6-7-10-16-19(17,18)13-11-12-8-9-15(13,4)14(12,2)3/h5,12-13,16H,1,6-11H2,2-4H3/t12?,13-,15?/m0/s1. The Balaban J connectivity index is 2.09. The van der Waals surface area contributed by atoms with Crippen LogP contribution in [0.25, 0.3) is 0 Å². The van der Waals surface area contributed by atoms with Crippen molar-refractivity contribution in [2.24, 2.45) is 16.7 Å². The molecule has 0 aromatic carbocycles. The summed E-state index contributed by atoms with van der Waals surface area (Å²) in [6.45, 7) is 10.9. The van der Waals surface area contributed by atoms with E-state index in [1.54, 1.807) is 0 Å². The van der Waals surface area contributed by atoms with E-state index in [-0.39, 0.29) is 16.1 Å². The van der Waals surface area contributed by atoms with Crippen LogP contribution in [0.5, 0.6) is 0 Å². The zero-order valence-electron chi connectivity index (χ0n) is 12.4. The monoisotopic (exact) mass is 285 g/mol. The lowest BCUT2D eigenvalue weighted by Crippen LogP contribution is -2.45. The summed E-state index contributed by atoms with van der Waals surface area (Å²) in [4.78, 5) is 0. The van der Waals surface area contributed by atoms with Crippen LogP contribution in [0.2, 0.25) is 0 Å². The predicted molar refractivity (Wildman–Crippen MR) is 79.4 cm³/mol. The van der Waals surface area contributed by atoms with Crippen molar-refractivity contribution < 1.29 is 8.42 Å². The number of hydrogen-bond donors (Lipinski definition) is 1. The van der Waals surface area contributed by atoms with Crippen LogP contribution in [0.3, 0.4) is 0 Å². The van der Waals surface area contributed by atoms with Crippen molar-refractivity contribution in [1.29, 1.82) is 0 Å². The number of allylic oxidation sites excluding steroid dienone is 1. The first kappa shape index (κ1) is 15.0. The van der Waals surface area contributed by atoms with Gasteiger partial charge in [-0.2, -0.15) is 0 Å². The minimum absolute atomic E-state index is 0.0675. The van der Waals surface area contributed by atoms with E-state index >= 15 is 0 Å². The van der Waals surface area contributed by atoms with E-state index in [0.717, 1.165) is 25.7 Å².